The molecule has 2 fully saturated rings. The molecule has 154 valence electrons. The second-order valence-electron chi connectivity index (χ2n) is 7.83. The highest BCUT2D eigenvalue weighted by Gasteiger charge is 2.30. The minimum atomic E-state index is -0.596. The molecular formula is C21H26N4O4. The highest BCUT2D eigenvalue weighted by atomic mass is 16.3. The number of carbonyl (C=O) groups excluding carboxylic acids is 3. The lowest BCUT2D eigenvalue weighted by atomic mass is 9.93. The number of hydrogen-bond donors (Lipinski definition) is 3. The molecule has 1 aromatic carbocycles. The summed E-state index contributed by atoms with van der Waals surface area (Å²) < 4.78 is 0. The molecule has 1 aliphatic carbocycles. The van der Waals surface area contributed by atoms with Crippen LogP contribution >= 0.6 is 0 Å². The number of aromatic amines is 1. The Balaban J connectivity index is 1.29. The van der Waals surface area contributed by atoms with Crippen molar-refractivity contribution in [1.29, 1.82) is 0 Å². The zero-order valence-corrected chi connectivity index (χ0v) is 16.3. The van der Waals surface area contributed by atoms with Crippen LogP contribution in [-0.4, -0.2) is 75.9 Å². The fourth-order valence-corrected chi connectivity index (χ4v) is 4.08. The van der Waals surface area contributed by atoms with Gasteiger partial charge in [-0.15, -0.1) is 0 Å². The van der Waals surface area contributed by atoms with E-state index in [1.54, 1.807) is 4.90 Å². The zero-order chi connectivity index (χ0) is 20.4. The normalized spacial score (nSPS) is 22.5. The lowest BCUT2D eigenvalue weighted by Crippen LogP contribution is -2.55. The molecule has 0 bridgehead atoms. The van der Waals surface area contributed by atoms with Crippen molar-refractivity contribution in [1.82, 2.24) is 20.1 Å². The monoisotopic (exact) mass is 398 g/mol. The summed E-state index contributed by atoms with van der Waals surface area (Å²) in [5, 5.41) is 13.3. The fourth-order valence-electron chi connectivity index (χ4n) is 4.08. The van der Waals surface area contributed by atoms with Gasteiger partial charge in [-0.1, -0.05) is 18.2 Å². The number of rotatable bonds is 2. The standard InChI is InChI=1S/C21H26N4O4/c26-16-7-5-15(6-8-16)22-19(27)21(29)25-11-9-24(10-12-25)20(28)18-13-14-3-1-2-4-17(14)23-18/h1-4,13,15-16,23,26H,5-12H2,(H,22,27)/t15-,16-. The summed E-state index contributed by atoms with van der Waals surface area (Å²) in [6.07, 6.45) is 2.36. The van der Waals surface area contributed by atoms with E-state index in [-0.39, 0.29) is 18.1 Å². The number of nitrogens with zero attached hydrogens (tertiary/aromatic N) is 2. The molecule has 2 heterocycles. The predicted octanol–water partition coefficient (Wildman–Crippen LogP) is 0.872. The number of aliphatic hydroxyl groups excluding tert-OH is 1. The Kier molecular flexibility index (Phi) is 5.53. The van der Waals surface area contributed by atoms with Gasteiger partial charge in [0.1, 0.15) is 5.69 Å². The van der Waals surface area contributed by atoms with Gasteiger partial charge < -0.3 is 25.2 Å². The van der Waals surface area contributed by atoms with Crippen LogP contribution in [0.5, 0.6) is 0 Å². The highest BCUT2D eigenvalue weighted by molar-refractivity contribution is 6.35. The highest BCUT2D eigenvalue weighted by Crippen LogP contribution is 2.19. The van der Waals surface area contributed by atoms with Gasteiger partial charge >= 0.3 is 11.8 Å². The van der Waals surface area contributed by atoms with Crippen LogP contribution in [0.4, 0.5) is 0 Å². The van der Waals surface area contributed by atoms with Crippen molar-refractivity contribution in [2.45, 2.75) is 37.8 Å². The number of hydrogen-bond acceptors (Lipinski definition) is 4. The molecule has 0 atom stereocenters. The molecule has 1 saturated carbocycles. The molecule has 0 unspecified atom stereocenters. The average molecular weight is 398 g/mol. The number of fused-ring (bicyclic) bond motifs is 1. The smallest absolute Gasteiger partial charge is 0.312 e. The topological polar surface area (TPSA) is 106 Å². The average Bonchev–Trinajstić information content (AvgIpc) is 3.18. The quantitative estimate of drug-likeness (QED) is 0.653. The fraction of sp³-hybridized carbons (Fsp3) is 0.476. The van der Waals surface area contributed by atoms with Crippen molar-refractivity contribution in [3.05, 3.63) is 36.0 Å². The molecule has 0 spiro atoms. The zero-order valence-electron chi connectivity index (χ0n) is 16.3. The van der Waals surface area contributed by atoms with Crippen LogP contribution in [0.3, 0.4) is 0 Å². The van der Waals surface area contributed by atoms with E-state index in [1.165, 1.54) is 4.90 Å². The lowest BCUT2D eigenvalue weighted by molar-refractivity contribution is -0.147. The SMILES string of the molecule is O=C(N[C@H]1CC[C@H](O)CC1)C(=O)N1CCN(C(=O)c2cc3ccccc3[nH]2)CC1. The molecule has 1 saturated heterocycles. The van der Waals surface area contributed by atoms with E-state index in [4.69, 9.17) is 0 Å². The predicted molar refractivity (Wildman–Crippen MR) is 107 cm³/mol. The minimum Gasteiger partial charge on any atom is -0.393 e. The van der Waals surface area contributed by atoms with Gasteiger partial charge in [0.05, 0.1) is 6.10 Å². The lowest BCUT2D eigenvalue weighted by Gasteiger charge is -2.34. The first-order valence-corrected chi connectivity index (χ1v) is 10.2. The molecule has 2 aromatic rings. The molecule has 8 heteroatoms. The summed E-state index contributed by atoms with van der Waals surface area (Å²) >= 11 is 0. The Labute approximate surface area is 168 Å². The van der Waals surface area contributed by atoms with Crippen molar-refractivity contribution in [2.24, 2.45) is 0 Å². The van der Waals surface area contributed by atoms with Gasteiger partial charge in [-0.05, 0) is 37.8 Å². The first-order chi connectivity index (χ1) is 14.0. The first-order valence-electron chi connectivity index (χ1n) is 10.2. The summed E-state index contributed by atoms with van der Waals surface area (Å²) in [6.45, 7) is 1.45. The summed E-state index contributed by atoms with van der Waals surface area (Å²) in [4.78, 5) is 43.8. The number of piperazine rings is 1. The van der Waals surface area contributed by atoms with Crippen LogP contribution < -0.4 is 5.32 Å². The molecule has 1 aliphatic heterocycles. The largest absolute Gasteiger partial charge is 0.393 e. The van der Waals surface area contributed by atoms with Gasteiger partial charge in [0.2, 0.25) is 0 Å². The number of H-pyrrole nitrogens is 1. The van der Waals surface area contributed by atoms with Gasteiger partial charge in [0.15, 0.2) is 0 Å². The number of benzene rings is 1. The molecule has 1 aromatic heterocycles. The number of para-hydroxylation sites is 1. The number of amides is 3. The summed E-state index contributed by atoms with van der Waals surface area (Å²) in [7, 11) is 0. The van der Waals surface area contributed by atoms with Crippen molar-refractivity contribution in [3.63, 3.8) is 0 Å². The Bertz CT molecular complexity index is 875. The van der Waals surface area contributed by atoms with E-state index in [9.17, 15) is 19.5 Å². The van der Waals surface area contributed by atoms with Gasteiger partial charge in [-0.3, -0.25) is 14.4 Å². The molecular weight excluding hydrogens is 372 g/mol. The maximum Gasteiger partial charge on any atom is 0.312 e. The van der Waals surface area contributed by atoms with Crippen LogP contribution in [0.15, 0.2) is 30.3 Å². The molecule has 3 amide bonds. The third-order valence-corrected chi connectivity index (χ3v) is 5.84. The van der Waals surface area contributed by atoms with E-state index in [2.05, 4.69) is 10.3 Å². The molecule has 8 nitrogen and oxygen atoms in total. The van der Waals surface area contributed by atoms with Crippen molar-refractivity contribution in [3.8, 4) is 0 Å². The van der Waals surface area contributed by atoms with Gasteiger partial charge in [-0.25, -0.2) is 0 Å². The minimum absolute atomic E-state index is 0.0558. The van der Waals surface area contributed by atoms with Crippen molar-refractivity contribution in [2.75, 3.05) is 26.2 Å². The second kappa shape index (κ2) is 8.24. The molecule has 3 N–H and O–H groups in total. The molecule has 0 radical (unpaired) electrons. The Morgan fingerprint density at radius 1 is 0.966 bits per heavy atom. The summed E-state index contributed by atoms with van der Waals surface area (Å²) in [6, 6.07) is 9.50. The van der Waals surface area contributed by atoms with Crippen molar-refractivity contribution >= 4 is 28.6 Å². The van der Waals surface area contributed by atoms with Crippen LogP contribution in [0, 0.1) is 0 Å². The first kappa shape index (κ1) is 19.4. The van der Waals surface area contributed by atoms with Crippen molar-refractivity contribution < 1.29 is 19.5 Å². The van der Waals surface area contributed by atoms with E-state index >= 15 is 0 Å². The Morgan fingerprint density at radius 2 is 1.62 bits per heavy atom. The van der Waals surface area contributed by atoms with Gasteiger partial charge in [0, 0.05) is 43.1 Å². The van der Waals surface area contributed by atoms with Gasteiger partial charge in [0.25, 0.3) is 5.91 Å². The number of aliphatic hydroxyl groups is 1. The summed E-state index contributed by atoms with van der Waals surface area (Å²) in [5.41, 5.74) is 1.44. The number of aromatic nitrogens is 1. The van der Waals surface area contributed by atoms with E-state index in [1.807, 2.05) is 30.3 Å². The molecule has 2 aliphatic rings. The third-order valence-electron chi connectivity index (χ3n) is 5.84. The van der Waals surface area contributed by atoms with Crippen LogP contribution in [0.2, 0.25) is 0 Å². The maximum atomic E-state index is 12.8. The Hall–Kier alpha value is -2.87. The number of nitrogens with one attached hydrogen (secondary N) is 2. The molecule has 29 heavy (non-hydrogen) atoms. The summed E-state index contributed by atoms with van der Waals surface area (Å²) in [5.74, 6) is -1.24. The maximum absolute atomic E-state index is 12.8. The van der Waals surface area contributed by atoms with Crippen LogP contribution in [-0.2, 0) is 9.59 Å². The van der Waals surface area contributed by atoms with E-state index < -0.39 is 11.8 Å². The van der Waals surface area contributed by atoms with Crippen LogP contribution in [0.1, 0.15) is 36.2 Å². The van der Waals surface area contributed by atoms with E-state index in [0.717, 1.165) is 10.9 Å². The molecule has 4 rings (SSSR count). The van der Waals surface area contributed by atoms with E-state index in [0.29, 0.717) is 57.6 Å². The Morgan fingerprint density at radius 3 is 2.31 bits per heavy atom. The number of carbonyl (C=O) groups is 3. The second-order valence-corrected chi connectivity index (χ2v) is 7.83. The van der Waals surface area contributed by atoms with Crippen LogP contribution in [0.25, 0.3) is 10.9 Å². The third kappa shape index (κ3) is 4.27. The van der Waals surface area contributed by atoms with Gasteiger partial charge in [-0.2, -0.15) is 0 Å².